The van der Waals surface area contributed by atoms with E-state index < -0.39 is 26.8 Å². The summed E-state index contributed by atoms with van der Waals surface area (Å²) in [6.07, 6.45) is -7.27. The fourth-order valence-corrected chi connectivity index (χ4v) is 1.01. The van der Waals surface area contributed by atoms with E-state index in [1.165, 1.54) is 0 Å². The quantitative estimate of drug-likeness (QED) is 0.530. The molecule has 0 amide bonds. The summed E-state index contributed by atoms with van der Waals surface area (Å²) in [5.41, 5.74) is -7.48. The minimum atomic E-state index is -10.2. The Morgan fingerprint density at radius 1 is 0.733 bits per heavy atom. The molecule has 0 aliphatic carbocycles. The van der Waals surface area contributed by atoms with E-state index >= 15 is 0 Å². The monoisotopic (exact) mass is 274 g/mol. The lowest BCUT2D eigenvalue weighted by molar-refractivity contribution is -0.251. The Hall–Kier alpha value is -0.550. The maximum Gasteiger partial charge on any atom is 0.508 e. The average Bonchev–Trinajstić information content (AvgIpc) is 1.79. The van der Waals surface area contributed by atoms with Crippen LogP contribution in [0.15, 0.2) is 0 Å². The van der Waals surface area contributed by atoms with E-state index in [2.05, 4.69) is 0 Å². The number of alkyl halides is 8. The van der Waals surface area contributed by atoms with Gasteiger partial charge in [-0.2, -0.15) is 35.1 Å². The van der Waals surface area contributed by atoms with Crippen molar-refractivity contribution < 1.29 is 47.1 Å². The third-order valence-corrected chi connectivity index (χ3v) is 3.00. The van der Waals surface area contributed by atoms with Gasteiger partial charge in [0.25, 0.3) is 0 Å². The first-order valence-electron chi connectivity index (χ1n) is 2.65. The third-order valence-electron chi connectivity index (χ3n) is 1.14. The van der Waals surface area contributed by atoms with E-state index in [1.54, 1.807) is 0 Å². The van der Waals surface area contributed by atoms with Crippen LogP contribution in [0.2, 0.25) is 0 Å². The van der Waals surface area contributed by atoms with E-state index in [1.807, 2.05) is 0 Å². The summed E-state index contributed by atoms with van der Waals surface area (Å²) in [6, 6.07) is 0. The first kappa shape index (κ1) is 14.5. The lowest BCUT2D eigenvalue weighted by Gasteiger charge is -2.34. The maximum absolute atomic E-state index is 11.8. The van der Waals surface area contributed by atoms with Crippen molar-refractivity contribution in [3.05, 3.63) is 0 Å². The van der Waals surface area contributed by atoms with Crippen molar-refractivity contribution in [2.75, 3.05) is 0 Å². The summed E-state index contributed by atoms with van der Waals surface area (Å²) < 4.78 is 124. The fraction of sp³-hybridized carbons (Fsp3) is 1.00. The summed E-state index contributed by atoms with van der Waals surface area (Å²) in [5, 5.41) is -7.65. The predicted molar refractivity (Wildman–Crippen MR) is 27.4 cm³/mol. The minimum Gasteiger partial charge on any atom is -0.207 e. The van der Waals surface area contributed by atoms with Crippen LogP contribution in [0.5, 0.6) is 0 Å². The standard InChI is InChI=1S/C3F10OS/c4-1(5,6)2(7,8)15(12,13,14)3(9,10)11. The van der Waals surface area contributed by atoms with Gasteiger partial charge in [0.1, 0.15) is 0 Å². The molecule has 94 valence electrons. The van der Waals surface area contributed by atoms with Crippen molar-refractivity contribution in [1.82, 2.24) is 0 Å². The Kier molecular flexibility index (Phi) is 2.67. The van der Waals surface area contributed by atoms with Gasteiger partial charge in [0, 0.05) is 0 Å². The molecular weight excluding hydrogens is 274 g/mol. The third kappa shape index (κ3) is 1.67. The molecule has 0 bridgehead atoms. The highest BCUT2D eigenvalue weighted by Crippen LogP contribution is 2.62. The first-order chi connectivity index (χ1) is 6.04. The Morgan fingerprint density at radius 3 is 1.07 bits per heavy atom. The number of hydrogen-bond donors (Lipinski definition) is 0. The van der Waals surface area contributed by atoms with Crippen molar-refractivity contribution in [2.24, 2.45) is 0 Å². The number of rotatable bonds is 1. The van der Waals surface area contributed by atoms with Gasteiger partial charge in [-0.15, -0.1) is 7.77 Å². The van der Waals surface area contributed by atoms with Gasteiger partial charge in [-0.05, 0) is 0 Å². The molecule has 0 spiro atoms. The van der Waals surface area contributed by atoms with Gasteiger partial charge in [0.2, 0.25) is 0 Å². The van der Waals surface area contributed by atoms with Gasteiger partial charge in [-0.25, -0.2) is 4.21 Å². The van der Waals surface area contributed by atoms with Crippen LogP contribution in [0.25, 0.3) is 0 Å². The molecule has 12 heteroatoms. The summed E-state index contributed by atoms with van der Waals surface area (Å²) in [6.45, 7) is 0. The van der Waals surface area contributed by atoms with Gasteiger partial charge in [-0.3, -0.25) is 0 Å². The lowest BCUT2D eigenvalue weighted by Crippen LogP contribution is -2.59. The van der Waals surface area contributed by atoms with Crippen molar-refractivity contribution >= 4 is 9.84 Å². The summed E-state index contributed by atoms with van der Waals surface area (Å²) in [4.78, 5) is 0. The SMILES string of the molecule is O=S(F)(F)(C(F)(F)F)C(F)(F)C(F)(F)F. The fourth-order valence-electron chi connectivity index (χ4n) is 0.338. The van der Waals surface area contributed by atoms with Crippen molar-refractivity contribution in [2.45, 2.75) is 16.9 Å². The summed E-state index contributed by atoms with van der Waals surface area (Å²) in [5.74, 6) is 0. The van der Waals surface area contributed by atoms with Crippen LogP contribution in [-0.4, -0.2) is 21.1 Å². The van der Waals surface area contributed by atoms with Crippen LogP contribution in [0, 0.1) is 0 Å². The van der Waals surface area contributed by atoms with Gasteiger partial charge in [0.15, 0.2) is 0 Å². The molecule has 0 unspecified atom stereocenters. The lowest BCUT2D eigenvalue weighted by atomic mass is 10.7. The van der Waals surface area contributed by atoms with Crippen molar-refractivity contribution in [3.63, 3.8) is 0 Å². The Morgan fingerprint density at radius 2 is 1.00 bits per heavy atom. The van der Waals surface area contributed by atoms with Crippen LogP contribution in [-0.2, 0) is 9.84 Å². The van der Waals surface area contributed by atoms with Crippen LogP contribution in [0.1, 0.15) is 0 Å². The average molecular weight is 274 g/mol. The molecule has 0 atom stereocenters. The van der Waals surface area contributed by atoms with E-state index in [0.29, 0.717) is 0 Å². The van der Waals surface area contributed by atoms with Crippen molar-refractivity contribution in [1.29, 1.82) is 0 Å². The highest BCUT2D eigenvalue weighted by atomic mass is 32.3. The smallest absolute Gasteiger partial charge is 0.207 e. The predicted octanol–water partition coefficient (Wildman–Crippen LogP) is 3.25. The zero-order valence-electron chi connectivity index (χ0n) is 6.10. The Bertz CT molecular complexity index is 315. The topological polar surface area (TPSA) is 17.1 Å². The molecule has 0 aliphatic heterocycles. The molecule has 0 fully saturated rings. The van der Waals surface area contributed by atoms with Gasteiger partial charge in [0.05, 0.1) is 0 Å². The molecular formula is C3F10OS. The van der Waals surface area contributed by atoms with E-state index in [9.17, 15) is 47.1 Å². The molecule has 0 aromatic heterocycles. The second-order valence-electron chi connectivity index (χ2n) is 2.22. The van der Waals surface area contributed by atoms with Gasteiger partial charge in [-0.1, -0.05) is 0 Å². The van der Waals surface area contributed by atoms with Crippen molar-refractivity contribution in [3.8, 4) is 0 Å². The Labute approximate surface area is 75.0 Å². The molecule has 0 aromatic carbocycles. The van der Waals surface area contributed by atoms with Crippen LogP contribution in [0.4, 0.5) is 42.9 Å². The largest absolute Gasteiger partial charge is 0.508 e. The molecule has 15 heavy (non-hydrogen) atoms. The molecule has 0 saturated heterocycles. The van der Waals surface area contributed by atoms with Crippen LogP contribution < -0.4 is 0 Å². The molecule has 0 N–H and O–H groups in total. The molecule has 0 aliphatic rings. The van der Waals surface area contributed by atoms with E-state index in [4.69, 9.17) is 0 Å². The zero-order valence-corrected chi connectivity index (χ0v) is 6.91. The normalized spacial score (nSPS) is 18.4. The molecule has 0 aromatic rings. The first-order valence-corrected chi connectivity index (χ1v) is 4.41. The molecule has 0 rings (SSSR count). The number of hydrogen-bond acceptors (Lipinski definition) is 1. The molecule has 1 nitrogen and oxygen atoms in total. The molecule has 0 radical (unpaired) electrons. The number of halogens is 10. The van der Waals surface area contributed by atoms with E-state index in [0.717, 1.165) is 0 Å². The highest BCUT2D eigenvalue weighted by Gasteiger charge is 2.87. The Balaban J connectivity index is 5.90. The van der Waals surface area contributed by atoms with Crippen LogP contribution >= 0.6 is 0 Å². The summed E-state index contributed by atoms with van der Waals surface area (Å²) >= 11 is 0. The van der Waals surface area contributed by atoms with E-state index in [-0.39, 0.29) is 0 Å². The van der Waals surface area contributed by atoms with Crippen LogP contribution in [0.3, 0.4) is 0 Å². The zero-order chi connectivity index (χ0) is 12.9. The van der Waals surface area contributed by atoms with Gasteiger partial charge < -0.3 is 0 Å². The highest BCUT2D eigenvalue weighted by molar-refractivity contribution is 8.12. The van der Waals surface area contributed by atoms with Gasteiger partial charge >= 0.3 is 26.8 Å². The second-order valence-corrected chi connectivity index (χ2v) is 4.72. The maximum atomic E-state index is 11.8. The summed E-state index contributed by atoms with van der Waals surface area (Å²) in [7, 11) is -10.2. The molecule has 0 saturated carbocycles. The minimum absolute atomic E-state index is 7.27. The second kappa shape index (κ2) is 2.77. The molecule has 0 heterocycles.